The van der Waals surface area contributed by atoms with Crippen LogP contribution in [0.3, 0.4) is 0 Å². The Kier molecular flexibility index (Phi) is 5.08. The molecular formula is C19H21N3O3S. The molecule has 2 heterocycles. The second kappa shape index (κ2) is 7.29. The number of thiazole rings is 1. The highest BCUT2D eigenvalue weighted by molar-refractivity contribution is 7.13. The number of carbonyl (C=O) groups is 1. The Morgan fingerprint density at radius 2 is 2.19 bits per heavy atom. The number of anilines is 1. The quantitative estimate of drug-likeness (QED) is 0.773. The van der Waals surface area contributed by atoms with Gasteiger partial charge in [-0.2, -0.15) is 0 Å². The second-order valence-electron chi connectivity index (χ2n) is 6.10. The van der Waals surface area contributed by atoms with Gasteiger partial charge in [-0.25, -0.2) is 9.78 Å². The summed E-state index contributed by atoms with van der Waals surface area (Å²) in [5.74, 6) is -0.0963. The lowest BCUT2D eigenvalue weighted by Gasteiger charge is -2.19. The third kappa shape index (κ3) is 3.35. The molecule has 26 heavy (non-hydrogen) atoms. The van der Waals surface area contributed by atoms with Crippen molar-refractivity contribution in [2.75, 3.05) is 18.1 Å². The summed E-state index contributed by atoms with van der Waals surface area (Å²) in [6.45, 7) is 6.37. The molecule has 0 saturated carbocycles. The molecule has 0 atom stereocenters. The van der Waals surface area contributed by atoms with Crippen molar-refractivity contribution in [1.29, 1.82) is 5.41 Å². The van der Waals surface area contributed by atoms with Crippen LogP contribution < -0.4 is 4.90 Å². The van der Waals surface area contributed by atoms with E-state index in [4.69, 9.17) is 10.1 Å². The summed E-state index contributed by atoms with van der Waals surface area (Å²) in [6, 6.07) is 6.92. The fourth-order valence-electron chi connectivity index (χ4n) is 2.68. The van der Waals surface area contributed by atoms with Crippen molar-refractivity contribution in [3.05, 3.63) is 51.2 Å². The lowest BCUT2D eigenvalue weighted by Crippen LogP contribution is -2.26. The number of aliphatic hydroxyl groups is 1. The average molecular weight is 371 g/mol. The maximum Gasteiger partial charge on any atom is 0.338 e. The third-order valence-electron chi connectivity index (χ3n) is 4.18. The smallest absolute Gasteiger partial charge is 0.338 e. The standard InChI is InChI=1S/C19H21N3O3S/c1-4-8-25-19(24)13-6-5-7-14(9-13)22-10-15(23)16(17(22)20)18-21-11(2)12(3)26-18/h5-7,9,20,23H,4,8,10H2,1-3H3. The first-order valence-corrected chi connectivity index (χ1v) is 9.24. The highest BCUT2D eigenvalue weighted by atomic mass is 32.1. The first kappa shape index (κ1) is 18.1. The first-order valence-electron chi connectivity index (χ1n) is 8.42. The number of nitrogens with zero attached hydrogens (tertiary/aromatic N) is 2. The highest BCUT2D eigenvalue weighted by Gasteiger charge is 2.31. The molecule has 0 spiro atoms. The van der Waals surface area contributed by atoms with Gasteiger partial charge in [-0.05, 0) is 38.5 Å². The number of nitrogens with one attached hydrogen (secondary N) is 1. The van der Waals surface area contributed by atoms with Crippen LogP contribution in [-0.2, 0) is 4.74 Å². The van der Waals surface area contributed by atoms with Crippen molar-refractivity contribution < 1.29 is 14.6 Å². The number of aryl methyl sites for hydroxylation is 2. The number of aromatic nitrogens is 1. The number of amidine groups is 1. The number of ether oxygens (including phenoxy) is 1. The van der Waals surface area contributed by atoms with Gasteiger partial charge in [0, 0.05) is 10.6 Å². The zero-order valence-electron chi connectivity index (χ0n) is 15.0. The molecule has 0 amide bonds. The monoisotopic (exact) mass is 371 g/mol. The van der Waals surface area contributed by atoms with Gasteiger partial charge in [-0.1, -0.05) is 13.0 Å². The molecule has 0 bridgehead atoms. The van der Waals surface area contributed by atoms with E-state index >= 15 is 0 Å². The van der Waals surface area contributed by atoms with E-state index in [2.05, 4.69) is 4.98 Å². The number of esters is 1. The minimum absolute atomic E-state index is 0.114. The predicted octanol–water partition coefficient (Wildman–Crippen LogP) is 4.09. The summed E-state index contributed by atoms with van der Waals surface area (Å²) in [7, 11) is 0. The van der Waals surface area contributed by atoms with Crippen LogP contribution in [0.15, 0.2) is 30.0 Å². The van der Waals surface area contributed by atoms with Gasteiger partial charge in [0.05, 0.1) is 30.0 Å². The minimum atomic E-state index is -0.386. The molecule has 6 nitrogen and oxygen atoms in total. The van der Waals surface area contributed by atoms with Crippen molar-refractivity contribution in [2.45, 2.75) is 27.2 Å². The van der Waals surface area contributed by atoms with Crippen LogP contribution in [0.25, 0.3) is 5.57 Å². The number of hydrogen-bond acceptors (Lipinski definition) is 6. The maximum atomic E-state index is 12.1. The Balaban J connectivity index is 1.86. The summed E-state index contributed by atoms with van der Waals surface area (Å²) in [4.78, 5) is 19.3. The van der Waals surface area contributed by atoms with Gasteiger partial charge in [-0.3, -0.25) is 5.41 Å². The van der Waals surface area contributed by atoms with Crippen LogP contribution in [0.4, 0.5) is 5.69 Å². The van der Waals surface area contributed by atoms with Crippen LogP contribution in [0.2, 0.25) is 0 Å². The molecule has 7 heteroatoms. The van der Waals surface area contributed by atoms with Crippen LogP contribution in [-0.4, -0.2) is 35.0 Å². The fraction of sp³-hybridized carbons (Fsp3) is 0.316. The second-order valence-corrected chi connectivity index (χ2v) is 7.31. The van der Waals surface area contributed by atoms with Crippen molar-refractivity contribution in [3.8, 4) is 0 Å². The zero-order valence-corrected chi connectivity index (χ0v) is 15.8. The largest absolute Gasteiger partial charge is 0.510 e. The van der Waals surface area contributed by atoms with E-state index in [1.54, 1.807) is 29.2 Å². The molecule has 0 aliphatic carbocycles. The summed E-state index contributed by atoms with van der Waals surface area (Å²) < 4.78 is 5.17. The van der Waals surface area contributed by atoms with E-state index in [9.17, 15) is 9.90 Å². The average Bonchev–Trinajstić information content (AvgIpc) is 3.11. The molecule has 1 aliphatic rings. The molecule has 3 rings (SSSR count). The first-order chi connectivity index (χ1) is 12.4. The van der Waals surface area contributed by atoms with Gasteiger partial charge in [0.2, 0.25) is 0 Å². The number of carbonyl (C=O) groups excluding carboxylic acids is 1. The van der Waals surface area contributed by atoms with E-state index in [0.29, 0.717) is 28.4 Å². The summed E-state index contributed by atoms with van der Waals surface area (Å²) in [5.41, 5.74) is 2.44. The molecule has 136 valence electrons. The normalized spacial score (nSPS) is 14.3. The number of aliphatic hydroxyl groups excluding tert-OH is 1. The molecule has 0 radical (unpaired) electrons. The molecule has 2 N–H and O–H groups in total. The topological polar surface area (TPSA) is 86.5 Å². The lowest BCUT2D eigenvalue weighted by molar-refractivity contribution is 0.0505. The van der Waals surface area contributed by atoms with Gasteiger partial charge in [-0.15, -0.1) is 11.3 Å². The summed E-state index contributed by atoms with van der Waals surface area (Å²) in [6.07, 6.45) is 0.760. The zero-order chi connectivity index (χ0) is 18.8. The molecular weight excluding hydrogens is 350 g/mol. The molecule has 0 unspecified atom stereocenters. The Morgan fingerprint density at radius 3 is 2.85 bits per heavy atom. The third-order valence-corrected chi connectivity index (χ3v) is 5.27. The molecule has 0 saturated heterocycles. The van der Waals surface area contributed by atoms with Gasteiger partial charge >= 0.3 is 5.97 Å². The molecule has 1 aromatic carbocycles. The van der Waals surface area contributed by atoms with E-state index < -0.39 is 0 Å². The van der Waals surface area contributed by atoms with Gasteiger partial charge < -0.3 is 14.7 Å². The van der Waals surface area contributed by atoms with Crippen molar-refractivity contribution in [3.63, 3.8) is 0 Å². The van der Waals surface area contributed by atoms with E-state index in [1.807, 2.05) is 20.8 Å². The van der Waals surface area contributed by atoms with Crippen molar-refractivity contribution in [2.24, 2.45) is 0 Å². The highest BCUT2D eigenvalue weighted by Crippen LogP contribution is 2.34. The van der Waals surface area contributed by atoms with Crippen LogP contribution in [0, 0.1) is 19.3 Å². The predicted molar refractivity (Wildman–Crippen MR) is 103 cm³/mol. The lowest BCUT2D eigenvalue weighted by atomic mass is 10.2. The molecule has 1 aliphatic heterocycles. The van der Waals surface area contributed by atoms with Gasteiger partial charge in [0.25, 0.3) is 0 Å². The molecule has 1 aromatic heterocycles. The van der Waals surface area contributed by atoms with Crippen LogP contribution in [0.5, 0.6) is 0 Å². The summed E-state index contributed by atoms with van der Waals surface area (Å²) >= 11 is 1.46. The van der Waals surface area contributed by atoms with Crippen molar-refractivity contribution >= 4 is 34.4 Å². The number of rotatable bonds is 5. The Morgan fingerprint density at radius 1 is 1.42 bits per heavy atom. The fourth-order valence-corrected chi connectivity index (χ4v) is 3.67. The number of benzene rings is 1. The van der Waals surface area contributed by atoms with Crippen LogP contribution >= 0.6 is 11.3 Å². The molecule has 0 fully saturated rings. The summed E-state index contributed by atoms with van der Waals surface area (Å²) in [5, 5.41) is 19.5. The van der Waals surface area contributed by atoms with Crippen LogP contribution in [0.1, 0.15) is 39.3 Å². The number of hydrogen-bond donors (Lipinski definition) is 2. The Bertz CT molecular complexity index is 882. The van der Waals surface area contributed by atoms with E-state index in [1.165, 1.54) is 11.3 Å². The van der Waals surface area contributed by atoms with Gasteiger partial charge in [0.15, 0.2) is 0 Å². The van der Waals surface area contributed by atoms with Gasteiger partial charge in [0.1, 0.15) is 16.6 Å². The minimum Gasteiger partial charge on any atom is -0.510 e. The van der Waals surface area contributed by atoms with E-state index in [0.717, 1.165) is 17.0 Å². The molecule has 2 aromatic rings. The van der Waals surface area contributed by atoms with Crippen molar-refractivity contribution in [1.82, 2.24) is 4.98 Å². The maximum absolute atomic E-state index is 12.1. The SMILES string of the molecule is CCCOC(=O)c1cccc(N2CC(O)=C(c3nc(C)c(C)s3)C2=N)c1. The Hall–Kier alpha value is -2.67. The van der Waals surface area contributed by atoms with E-state index in [-0.39, 0.29) is 24.1 Å². The Labute approximate surface area is 156 Å².